The number of unbranched alkanes of at least 4 members (excludes halogenated alkanes) is 15. The fourth-order valence-electron chi connectivity index (χ4n) is 3.09. The zero-order chi connectivity index (χ0) is 18.6. The van der Waals surface area contributed by atoms with Gasteiger partial charge in [0, 0.05) is 0 Å². The summed E-state index contributed by atoms with van der Waals surface area (Å²) in [6.07, 6.45) is 25.9. The van der Waals surface area contributed by atoms with Crippen LogP contribution in [0.3, 0.4) is 0 Å². The van der Waals surface area contributed by atoms with Gasteiger partial charge in [-0.05, 0) is 19.3 Å². The van der Waals surface area contributed by atoms with E-state index in [1.54, 1.807) is 0 Å². The molecule has 0 amide bonds. The molecule has 0 unspecified atom stereocenters. The van der Waals surface area contributed by atoms with Crippen LogP contribution in [0.15, 0.2) is 12.2 Å². The molecular formula is C21H42O3S. The van der Waals surface area contributed by atoms with Crippen molar-refractivity contribution in [3.8, 4) is 0 Å². The summed E-state index contributed by atoms with van der Waals surface area (Å²) in [5.74, 6) is -0.164. The molecule has 4 heteroatoms. The number of allylic oxidation sites excluding steroid dienone is 2. The molecule has 0 bridgehead atoms. The summed E-state index contributed by atoms with van der Waals surface area (Å²) in [6.45, 7) is 2.27. The van der Waals surface area contributed by atoms with Gasteiger partial charge in [-0.15, -0.1) is 0 Å². The van der Waals surface area contributed by atoms with Crippen LogP contribution in [0.25, 0.3) is 0 Å². The molecule has 1 N–H and O–H groups in total. The molecule has 0 aliphatic carbocycles. The van der Waals surface area contributed by atoms with E-state index in [0.29, 0.717) is 6.42 Å². The lowest BCUT2D eigenvalue weighted by Crippen LogP contribution is -2.01. The maximum Gasteiger partial charge on any atom is 0.265 e. The molecule has 0 rings (SSSR count). The Labute approximate surface area is 157 Å². The summed E-state index contributed by atoms with van der Waals surface area (Å²) in [4.78, 5) is 0. The Balaban J connectivity index is 3.11. The molecule has 0 atom stereocenters. The molecule has 0 saturated carbocycles. The number of hydrogen-bond donors (Lipinski definition) is 1. The minimum absolute atomic E-state index is 0.164. The zero-order valence-electron chi connectivity index (χ0n) is 16.6. The molecule has 0 spiro atoms. The lowest BCUT2D eigenvalue weighted by Gasteiger charge is -2.03. The van der Waals surface area contributed by atoms with E-state index in [1.165, 1.54) is 96.3 Å². The third-order valence-corrected chi connectivity index (χ3v) is 5.44. The highest BCUT2D eigenvalue weighted by atomic mass is 32.2. The van der Waals surface area contributed by atoms with Crippen LogP contribution in [-0.4, -0.2) is 18.7 Å². The fourth-order valence-corrected chi connectivity index (χ4v) is 3.52. The van der Waals surface area contributed by atoms with E-state index < -0.39 is 10.1 Å². The highest BCUT2D eigenvalue weighted by Gasteiger charge is 2.00. The Morgan fingerprint density at radius 2 is 0.960 bits per heavy atom. The Hall–Kier alpha value is -0.350. The first-order valence-corrected chi connectivity index (χ1v) is 12.3. The molecule has 3 nitrogen and oxygen atoms in total. The van der Waals surface area contributed by atoms with Gasteiger partial charge in [0.1, 0.15) is 0 Å². The molecular weight excluding hydrogens is 332 g/mol. The smallest absolute Gasteiger partial charge is 0.265 e. The molecule has 25 heavy (non-hydrogen) atoms. The maximum absolute atomic E-state index is 10.5. The summed E-state index contributed by atoms with van der Waals surface area (Å²) >= 11 is 0. The molecule has 150 valence electrons. The molecule has 0 saturated heterocycles. The summed E-state index contributed by atoms with van der Waals surface area (Å²) < 4.78 is 29.7. The fraction of sp³-hybridized carbons (Fsp3) is 0.905. The van der Waals surface area contributed by atoms with Gasteiger partial charge >= 0.3 is 0 Å². The third kappa shape index (κ3) is 23.6. The van der Waals surface area contributed by atoms with Crippen molar-refractivity contribution in [3.05, 3.63) is 12.2 Å². The Morgan fingerprint density at radius 1 is 0.600 bits per heavy atom. The normalized spacial score (nSPS) is 12.2. The van der Waals surface area contributed by atoms with E-state index >= 15 is 0 Å². The number of hydrogen-bond acceptors (Lipinski definition) is 2. The van der Waals surface area contributed by atoms with Crippen molar-refractivity contribution in [1.29, 1.82) is 0 Å². The van der Waals surface area contributed by atoms with Crippen LogP contribution < -0.4 is 0 Å². The summed E-state index contributed by atoms with van der Waals surface area (Å²) in [6, 6.07) is 0. The van der Waals surface area contributed by atoms with Crippen molar-refractivity contribution < 1.29 is 13.0 Å². The molecule has 0 aliphatic heterocycles. The SMILES string of the molecule is CCCCCCCCCCCCCCCCC/C=C/CCS(=O)(=O)O. The molecule has 0 aromatic carbocycles. The van der Waals surface area contributed by atoms with E-state index in [-0.39, 0.29) is 5.75 Å². The van der Waals surface area contributed by atoms with Gasteiger partial charge in [-0.1, -0.05) is 109 Å². The molecule has 0 heterocycles. The van der Waals surface area contributed by atoms with Crippen molar-refractivity contribution >= 4 is 10.1 Å². The van der Waals surface area contributed by atoms with Crippen molar-refractivity contribution in [3.63, 3.8) is 0 Å². The summed E-state index contributed by atoms with van der Waals surface area (Å²) in [5, 5.41) is 0. The van der Waals surface area contributed by atoms with Gasteiger partial charge in [-0.3, -0.25) is 4.55 Å². The average molecular weight is 375 g/mol. The van der Waals surface area contributed by atoms with Crippen LogP contribution in [0.1, 0.15) is 116 Å². The largest absolute Gasteiger partial charge is 0.286 e. The van der Waals surface area contributed by atoms with Crippen molar-refractivity contribution in [2.75, 3.05) is 5.75 Å². The van der Waals surface area contributed by atoms with E-state index in [9.17, 15) is 8.42 Å². The Kier molecular flexibility index (Phi) is 18.2. The van der Waals surface area contributed by atoms with Crippen molar-refractivity contribution in [2.45, 2.75) is 116 Å². The van der Waals surface area contributed by atoms with Gasteiger partial charge in [0.05, 0.1) is 5.75 Å². The minimum Gasteiger partial charge on any atom is -0.286 e. The van der Waals surface area contributed by atoms with E-state index in [2.05, 4.69) is 6.92 Å². The quantitative estimate of drug-likeness (QED) is 0.149. The first kappa shape index (κ1) is 24.7. The lowest BCUT2D eigenvalue weighted by atomic mass is 10.0. The van der Waals surface area contributed by atoms with Crippen LogP contribution in [0.2, 0.25) is 0 Å². The predicted molar refractivity (Wildman–Crippen MR) is 110 cm³/mol. The standard InChI is InChI=1S/C21H42O3S/c1-2-3-4-5-6-7-8-9-10-11-12-13-14-15-16-17-18-19-20-21-25(22,23)24/h18-19H,2-17,20-21H2,1H3,(H,22,23,24)/b19-18+. The van der Waals surface area contributed by atoms with E-state index in [0.717, 1.165) is 6.42 Å². The monoisotopic (exact) mass is 374 g/mol. The predicted octanol–water partition coefficient (Wildman–Crippen LogP) is 7.08. The highest BCUT2D eigenvalue weighted by molar-refractivity contribution is 7.85. The third-order valence-electron chi connectivity index (χ3n) is 4.68. The second-order valence-electron chi connectivity index (χ2n) is 7.28. The van der Waals surface area contributed by atoms with Crippen LogP contribution >= 0.6 is 0 Å². The number of rotatable bonds is 19. The van der Waals surface area contributed by atoms with Gasteiger partial charge in [-0.2, -0.15) is 8.42 Å². The maximum atomic E-state index is 10.5. The summed E-state index contributed by atoms with van der Waals surface area (Å²) in [7, 11) is -3.80. The first-order chi connectivity index (χ1) is 12.1. The van der Waals surface area contributed by atoms with Crippen LogP contribution in [0.4, 0.5) is 0 Å². The molecule has 0 aromatic heterocycles. The lowest BCUT2D eigenvalue weighted by molar-refractivity contribution is 0.483. The minimum atomic E-state index is -3.80. The topological polar surface area (TPSA) is 54.4 Å². The second-order valence-corrected chi connectivity index (χ2v) is 8.86. The van der Waals surface area contributed by atoms with Gasteiger partial charge in [0.15, 0.2) is 0 Å². The Bertz CT molecular complexity index is 388. The zero-order valence-corrected chi connectivity index (χ0v) is 17.4. The first-order valence-electron chi connectivity index (χ1n) is 10.7. The molecule has 0 radical (unpaired) electrons. The van der Waals surface area contributed by atoms with Crippen molar-refractivity contribution in [1.82, 2.24) is 0 Å². The molecule has 0 fully saturated rings. The summed E-state index contributed by atoms with van der Waals surface area (Å²) in [5.41, 5.74) is 0. The Morgan fingerprint density at radius 3 is 1.36 bits per heavy atom. The van der Waals surface area contributed by atoms with Gasteiger partial charge < -0.3 is 0 Å². The molecule has 0 aliphatic rings. The molecule has 0 aromatic rings. The van der Waals surface area contributed by atoms with Gasteiger partial charge in [-0.25, -0.2) is 0 Å². The van der Waals surface area contributed by atoms with Crippen LogP contribution in [0, 0.1) is 0 Å². The van der Waals surface area contributed by atoms with Crippen molar-refractivity contribution in [2.24, 2.45) is 0 Å². The van der Waals surface area contributed by atoms with Crippen LogP contribution in [0.5, 0.6) is 0 Å². The van der Waals surface area contributed by atoms with Crippen LogP contribution in [-0.2, 0) is 10.1 Å². The van der Waals surface area contributed by atoms with E-state index in [4.69, 9.17) is 4.55 Å². The van der Waals surface area contributed by atoms with Gasteiger partial charge in [0.2, 0.25) is 0 Å². The van der Waals surface area contributed by atoms with Gasteiger partial charge in [0.25, 0.3) is 10.1 Å². The highest BCUT2D eigenvalue weighted by Crippen LogP contribution is 2.13. The average Bonchev–Trinajstić information content (AvgIpc) is 2.56. The second kappa shape index (κ2) is 18.4. The van der Waals surface area contributed by atoms with E-state index in [1.807, 2.05) is 12.2 Å².